The Morgan fingerprint density at radius 2 is 0.857 bits per heavy atom. The van der Waals surface area contributed by atoms with Crippen LogP contribution in [-0.2, 0) is 9.47 Å². The summed E-state index contributed by atoms with van der Waals surface area (Å²) in [5, 5.41) is 40.3. The van der Waals surface area contributed by atoms with Crippen LogP contribution in [0.4, 0.5) is 0 Å². The van der Waals surface area contributed by atoms with Crippen molar-refractivity contribution in [3.8, 4) is 0 Å². The van der Waals surface area contributed by atoms with Crippen molar-refractivity contribution in [3.05, 3.63) is 0 Å². The molecule has 0 aromatic rings. The van der Waals surface area contributed by atoms with Crippen molar-refractivity contribution >= 4 is 8.60 Å². The molecule has 0 amide bonds. The SMILES string of the molecule is CC(C)CCCCCCCOC(O)(OCCCCCCCC(C)C)C(CO)(CO)CO.OP(O)O. The first-order chi connectivity index (χ1) is 16.5. The molecule has 10 heteroatoms. The molecule has 0 saturated heterocycles. The zero-order chi connectivity index (χ0) is 27.2. The maximum atomic E-state index is 11.0. The molecule has 0 aliphatic rings. The van der Waals surface area contributed by atoms with Gasteiger partial charge in [0.1, 0.15) is 5.41 Å². The average molecular weight is 531 g/mol. The molecule has 0 spiro atoms. The van der Waals surface area contributed by atoms with Crippen LogP contribution < -0.4 is 0 Å². The van der Waals surface area contributed by atoms with Crippen LogP contribution in [-0.4, -0.2) is 74.1 Å². The van der Waals surface area contributed by atoms with Crippen LogP contribution in [0.25, 0.3) is 0 Å². The standard InChI is InChI=1S/C25H52O6.H3O3P/c1-22(2)15-11-7-5-9-13-17-30-25(29,24(19-26,20-27)21-28)31-18-14-10-6-8-12-16-23(3)4;1-4(2)3/h22-23,26-29H,5-21H2,1-4H3;1-3H. The molecular formula is C25H55O9P. The monoisotopic (exact) mass is 530 g/mol. The largest absolute Gasteiger partial charge is 0.395 e. The van der Waals surface area contributed by atoms with E-state index in [0.29, 0.717) is 0 Å². The number of aliphatic hydroxyl groups excluding tert-OH is 3. The van der Waals surface area contributed by atoms with Gasteiger partial charge in [-0.3, -0.25) is 0 Å². The van der Waals surface area contributed by atoms with Gasteiger partial charge in [-0.15, -0.1) is 0 Å². The Hall–Kier alpha value is 0.0700. The summed E-state index contributed by atoms with van der Waals surface area (Å²) in [7, 11) is -2.62. The molecule has 0 heterocycles. The zero-order valence-corrected chi connectivity index (χ0v) is 23.5. The molecule has 0 rings (SSSR count). The lowest BCUT2D eigenvalue weighted by molar-refractivity contribution is -0.426. The molecule has 0 aliphatic heterocycles. The van der Waals surface area contributed by atoms with Gasteiger partial charge in [0.15, 0.2) is 0 Å². The summed E-state index contributed by atoms with van der Waals surface area (Å²) < 4.78 is 11.3. The van der Waals surface area contributed by atoms with E-state index in [4.69, 9.17) is 24.2 Å². The molecule has 0 aromatic carbocycles. The minimum absolute atomic E-state index is 0.248. The van der Waals surface area contributed by atoms with Crippen molar-refractivity contribution < 1.29 is 44.6 Å². The normalized spacial score (nSPS) is 12.5. The summed E-state index contributed by atoms with van der Waals surface area (Å²) in [6, 6.07) is 0. The van der Waals surface area contributed by atoms with Gasteiger partial charge in [-0.05, 0) is 24.7 Å². The van der Waals surface area contributed by atoms with Crippen LogP contribution in [0.2, 0.25) is 0 Å². The molecule has 0 unspecified atom stereocenters. The van der Waals surface area contributed by atoms with E-state index < -0.39 is 39.8 Å². The molecule has 0 saturated carbocycles. The van der Waals surface area contributed by atoms with Crippen molar-refractivity contribution in [1.29, 1.82) is 0 Å². The summed E-state index contributed by atoms with van der Waals surface area (Å²) in [4.78, 5) is 21.7. The number of unbranched alkanes of at least 4 members (excludes halogenated alkanes) is 8. The Bertz CT molecular complexity index is 412. The van der Waals surface area contributed by atoms with E-state index >= 15 is 0 Å². The number of rotatable bonds is 22. The van der Waals surface area contributed by atoms with Crippen molar-refractivity contribution in [2.75, 3.05) is 33.0 Å². The molecule has 0 radical (unpaired) electrons. The second kappa shape index (κ2) is 23.2. The van der Waals surface area contributed by atoms with Crippen LogP contribution in [0.1, 0.15) is 105 Å². The molecule has 0 bridgehead atoms. The summed E-state index contributed by atoms with van der Waals surface area (Å²) in [5.41, 5.74) is -1.67. The Morgan fingerprint density at radius 1 is 0.571 bits per heavy atom. The third-order valence-corrected chi connectivity index (χ3v) is 6.03. The number of ether oxygens (including phenoxy) is 2. The molecule has 0 fully saturated rings. The maximum Gasteiger partial charge on any atom is 0.324 e. The van der Waals surface area contributed by atoms with Crippen molar-refractivity contribution in [1.82, 2.24) is 0 Å². The van der Waals surface area contributed by atoms with E-state index in [1.807, 2.05) is 0 Å². The Labute approximate surface area is 214 Å². The van der Waals surface area contributed by atoms with E-state index in [0.717, 1.165) is 50.4 Å². The third kappa shape index (κ3) is 19.8. The quantitative estimate of drug-likeness (QED) is 0.0627. The fraction of sp³-hybridized carbons (Fsp3) is 1.00. The van der Waals surface area contributed by atoms with Crippen LogP contribution in [0.15, 0.2) is 0 Å². The average Bonchev–Trinajstić information content (AvgIpc) is 2.78. The second-order valence-electron chi connectivity index (χ2n) is 10.2. The van der Waals surface area contributed by atoms with Crippen LogP contribution >= 0.6 is 8.60 Å². The Morgan fingerprint density at radius 3 is 1.14 bits per heavy atom. The molecular weight excluding hydrogens is 475 g/mol. The smallest absolute Gasteiger partial charge is 0.324 e. The van der Waals surface area contributed by atoms with Gasteiger partial charge in [-0.1, -0.05) is 91.9 Å². The number of hydrogen-bond acceptors (Lipinski definition) is 9. The van der Waals surface area contributed by atoms with Crippen LogP contribution in [0.5, 0.6) is 0 Å². The highest BCUT2D eigenvalue weighted by Crippen LogP contribution is 2.34. The number of aliphatic hydroxyl groups is 4. The topological polar surface area (TPSA) is 160 Å². The highest BCUT2D eigenvalue weighted by atomic mass is 31.2. The number of hydrogen-bond donors (Lipinski definition) is 7. The fourth-order valence-corrected chi connectivity index (χ4v) is 3.59. The third-order valence-electron chi connectivity index (χ3n) is 6.03. The lowest BCUT2D eigenvalue weighted by atomic mass is 9.87. The van der Waals surface area contributed by atoms with Crippen molar-refractivity contribution in [2.24, 2.45) is 17.3 Å². The lowest BCUT2D eigenvalue weighted by Crippen LogP contribution is -2.59. The zero-order valence-electron chi connectivity index (χ0n) is 22.6. The van der Waals surface area contributed by atoms with E-state index in [9.17, 15) is 20.4 Å². The maximum absolute atomic E-state index is 11.0. The van der Waals surface area contributed by atoms with Gasteiger partial charge in [0.2, 0.25) is 0 Å². The van der Waals surface area contributed by atoms with E-state index in [-0.39, 0.29) is 13.2 Å². The molecule has 35 heavy (non-hydrogen) atoms. The Kier molecular flexibility index (Phi) is 24.7. The van der Waals surface area contributed by atoms with Gasteiger partial charge >= 0.3 is 8.60 Å². The van der Waals surface area contributed by atoms with Crippen molar-refractivity contribution in [3.63, 3.8) is 0 Å². The fourth-order valence-electron chi connectivity index (χ4n) is 3.59. The highest BCUT2D eigenvalue weighted by Gasteiger charge is 2.53. The van der Waals surface area contributed by atoms with Crippen LogP contribution in [0.3, 0.4) is 0 Å². The van der Waals surface area contributed by atoms with Gasteiger partial charge in [0.05, 0.1) is 33.0 Å². The minimum atomic E-state index is -2.62. The van der Waals surface area contributed by atoms with Gasteiger partial charge in [-0.2, -0.15) is 0 Å². The Balaban J connectivity index is 0. The van der Waals surface area contributed by atoms with Gasteiger partial charge in [0, 0.05) is 0 Å². The van der Waals surface area contributed by atoms with Gasteiger partial charge in [0.25, 0.3) is 5.97 Å². The van der Waals surface area contributed by atoms with Crippen molar-refractivity contribution in [2.45, 2.75) is 111 Å². The summed E-state index contributed by atoms with van der Waals surface area (Å²) in [6.07, 6.45) is 13.0. The van der Waals surface area contributed by atoms with Gasteiger partial charge < -0.3 is 44.6 Å². The van der Waals surface area contributed by atoms with E-state index in [1.54, 1.807) is 0 Å². The van der Waals surface area contributed by atoms with Gasteiger partial charge in [-0.25, -0.2) is 0 Å². The first-order valence-electron chi connectivity index (χ1n) is 13.2. The minimum Gasteiger partial charge on any atom is -0.395 e. The molecule has 214 valence electrons. The first kappa shape index (κ1) is 37.2. The molecule has 0 aliphatic carbocycles. The van der Waals surface area contributed by atoms with E-state index in [2.05, 4.69) is 27.7 Å². The first-order valence-corrected chi connectivity index (χ1v) is 14.4. The molecule has 9 nitrogen and oxygen atoms in total. The molecule has 7 N–H and O–H groups in total. The van der Waals surface area contributed by atoms with Crippen LogP contribution in [0, 0.1) is 17.3 Å². The predicted octanol–water partition coefficient (Wildman–Crippen LogP) is 3.81. The summed E-state index contributed by atoms with van der Waals surface area (Å²) >= 11 is 0. The summed E-state index contributed by atoms with van der Waals surface area (Å²) in [5.74, 6) is -0.737. The lowest BCUT2D eigenvalue weighted by Gasteiger charge is -2.42. The second-order valence-corrected chi connectivity index (χ2v) is 10.7. The highest BCUT2D eigenvalue weighted by molar-refractivity contribution is 7.38. The predicted molar refractivity (Wildman–Crippen MR) is 139 cm³/mol. The summed E-state index contributed by atoms with van der Waals surface area (Å²) in [6.45, 7) is 7.52. The van der Waals surface area contributed by atoms with E-state index in [1.165, 1.54) is 38.5 Å². The molecule has 0 aromatic heterocycles. The molecule has 0 atom stereocenters.